The first-order chi connectivity index (χ1) is 14.2. The quantitative estimate of drug-likeness (QED) is 0.138. The van der Waals surface area contributed by atoms with Crippen LogP contribution >= 0.6 is 24.0 Å². The summed E-state index contributed by atoms with van der Waals surface area (Å²) in [7, 11) is 0. The van der Waals surface area contributed by atoms with E-state index < -0.39 is 0 Å². The van der Waals surface area contributed by atoms with Gasteiger partial charge in [-0.05, 0) is 38.8 Å². The zero-order valence-electron chi connectivity index (χ0n) is 17.9. The Morgan fingerprint density at radius 2 is 1.87 bits per heavy atom. The Bertz CT molecular complexity index is 750. The number of esters is 1. The summed E-state index contributed by atoms with van der Waals surface area (Å²) in [5, 5.41) is 6.58. The molecule has 8 heteroatoms. The molecule has 0 spiro atoms. The van der Waals surface area contributed by atoms with Crippen LogP contribution in [0.4, 0.5) is 0 Å². The number of rotatable bonds is 12. The molecule has 0 fully saturated rings. The lowest BCUT2D eigenvalue weighted by Gasteiger charge is -2.10. The van der Waals surface area contributed by atoms with Crippen molar-refractivity contribution < 1.29 is 13.9 Å². The lowest BCUT2D eigenvalue weighted by atomic mass is 10.1. The molecule has 2 aromatic rings. The number of nitrogens with zero attached hydrogens (tertiary/aromatic N) is 2. The Hall–Kier alpha value is -2.10. The molecule has 1 aromatic carbocycles. The number of carbonyl (C=O) groups is 1. The van der Waals surface area contributed by atoms with E-state index in [1.165, 1.54) is 0 Å². The normalized spacial score (nSPS) is 10.9. The maximum atomic E-state index is 11.3. The highest BCUT2D eigenvalue weighted by Crippen LogP contribution is 2.18. The number of hydrogen-bond donors (Lipinski definition) is 2. The molecule has 0 atom stereocenters. The highest BCUT2D eigenvalue weighted by Gasteiger charge is 2.06. The monoisotopic (exact) mass is 528 g/mol. The predicted octanol–water partition coefficient (Wildman–Crippen LogP) is 4.53. The van der Waals surface area contributed by atoms with E-state index in [9.17, 15) is 4.79 Å². The van der Waals surface area contributed by atoms with Gasteiger partial charge in [-0.1, -0.05) is 31.0 Å². The topological polar surface area (TPSA) is 88.8 Å². The second-order valence-electron chi connectivity index (χ2n) is 6.60. The van der Waals surface area contributed by atoms with Gasteiger partial charge in [0, 0.05) is 25.1 Å². The number of carbonyl (C=O) groups excluding carboxylic acids is 1. The molecule has 0 aliphatic carbocycles. The SMILES string of the molecule is CCNC(=NCc1coc(-c2ccccc2)n1)NCCCCCCC(=O)OCC.I. The number of nitrogens with one attached hydrogen (secondary N) is 2. The van der Waals surface area contributed by atoms with Crippen molar-refractivity contribution in [2.45, 2.75) is 52.5 Å². The fraction of sp³-hybridized carbons (Fsp3) is 0.500. The molecule has 0 amide bonds. The number of aromatic nitrogens is 1. The number of oxazole rings is 1. The minimum Gasteiger partial charge on any atom is -0.466 e. The average molecular weight is 528 g/mol. The minimum absolute atomic E-state index is 0. The van der Waals surface area contributed by atoms with Gasteiger partial charge >= 0.3 is 5.97 Å². The molecule has 166 valence electrons. The first kappa shape index (κ1) is 25.9. The smallest absolute Gasteiger partial charge is 0.305 e. The van der Waals surface area contributed by atoms with Gasteiger partial charge in [-0.25, -0.2) is 9.98 Å². The Morgan fingerprint density at radius 1 is 1.10 bits per heavy atom. The van der Waals surface area contributed by atoms with Crippen molar-refractivity contribution in [3.05, 3.63) is 42.3 Å². The van der Waals surface area contributed by atoms with E-state index in [1.807, 2.05) is 44.2 Å². The largest absolute Gasteiger partial charge is 0.466 e. The van der Waals surface area contributed by atoms with E-state index in [-0.39, 0.29) is 29.9 Å². The third-order valence-electron chi connectivity index (χ3n) is 4.22. The molecule has 0 aliphatic heterocycles. The van der Waals surface area contributed by atoms with Gasteiger partial charge in [-0.15, -0.1) is 24.0 Å². The summed E-state index contributed by atoms with van der Waals surface area (Å²) in [6.45, 7) is 6.40. The number of hydrogen-bond acceptors (Lipinski definition) is 5. The summed E-state index contributed by atoms with van der Waals surface area (Å²) < 4.78 is 10.5. The van der Waals surface area contributed by atoms with E-state index >= 15 is 0 Å². The molecule has 0 bridgehead atoms. The van der Waals surface area contributed by atoms with Crippen LogP contribution in [0.1, 0.15) is 51.6 Å². The van der Waals surface area contributed by atoms with Gasteiger partial charge < -0.3 is 19.8 Å². The highest BCUT2D eigenvalue weighted by atomic mass is 127. The second-order valence-corrected chi connectivity index (χ2v) is 6.60. The van der Waals surface area contributed by atoms with Crippen LogP contribution in [0.3, 0.4) is 0 Å². The molecular formula is C22H33IN4O3. The third-order valence-corrected chi connectivity index (χ3v) is 4.22. The first-order valence-electron chi connectivity index (χ1n) is 10.4. The summed E-state index contributed by atoms with van der Waals surface area (Å²) in [6.07, 6.45) is 6.15. The van der Waals surface area contributed by atoms with Crippen LogP contribution in [0.5, 0.6) is 0 Å². The number of aliphatic imine (C=N–C) groups is 1. The van der Waals surface area contributed by atoms with Gasteiger partial charge in [0.15, 0.2) is 5.96 Å². The molecule has 7 nitrogen and oxygen atoms in total. The van der Waals surface area contributed by atoms with Crippen LogP contribution in [-0.4, -0.2) is 36.6 Å². The van der Waals surface area contributed by atoms with Crippen molar-refractivity contribution in [3.63, 3.8) is 0 Å². The van der Waals surface area contributed by atoms with E-state index in [0.29, 0.717) is 25.5 Å². The van der Waals surface area contributed by atoms with Crippen molar-refractivity contribution in [2.75, 3.05) is 19.7 Å². The molecule has 1 heterocycles. The number of unbranched alkanes of at least 4 members (excludes halogenated alkanes) is 3. The standard InChI is InChI=1S/C22H32N4O3.HI/c1-3-23-22(24-15-11-6-5-10-14-20(27)28-4-2)25-16-19-17-29-21(26-19)18-12-8-7-9-13-18;/h7-9,12-13,17H,3-6,10-11,14-16H2,1-2H3,(H2,23,24,25);1H. The maximum Gasteiger partial charge on any atom is 0.305 e. The Labute approximate surface area is 196 Å². The molecule has 0 aliphatic rings. The Balaban J connectivity index is 0.00000450. The second kappa shape index (κ2) is 15.7. The van der Waals surface area contributed by atoms with Gasteiger partial charge in [-0.2, -0.15) is 0 Å². The van der Waals surface area contributed by atoms with Gasteiger partial charge in [0.25, 0.3) is 0 Å². The zero-order chi connectivity index (χ0) is 20.7. The van der Waals surface area contributed by atoms with Gasteiger partial charge in [0.2, 0.25) is 5.89 Å². The summed E-state index contributed by atoms with van der Waals surface area (Å²) >= 11 is 0. The number of halogens is 1. The Kier molecular flexibility index (Phi) is 13.6. The van der Waals surface area contributed by atoms with Crippen molar-refractivity contribution in [1.29, 1.82) is 0 Å². The molecule has 0 saturated heterocycles. The lowest BCUT2D eigenvalue weighted by Crippen LogP contribution is -2.37. The number of guanidine groups is 1. The number of benzene rings is 1. The fourth-order valence-corrected chi connectivity index (χ4v) is 2.78. The molecule has 1 aromatic heterocycles. The van der Waals surface area contributed by atoms with Gasteiger partial charge in [-0.3, -0.25) is 4.79 Å². The van der Waals surface area contributed by atoms with Crippen LogP contribution in [0.25, 0.3) is 11.5 Å². The maximum absolute atomic E-state index is 11.3. The van der Waals surface area contributed by atoms with Gasteiger partial charge in [0.1, 0.15) is 12.0 Å². The van der Waals surface area contributed by atoms with E-state index in [0.717, 1.165) is 56.0 Å². The summed E-state index contributed by atoms with van der Waals surface area (Å²) in [5.74, 6) is 1.27. The van der Waals surface area contributed by atoms with Crippen LogP contribution in [-0.2, 0) is 16.1 Å². The molecule has 2 N–H and O–H groups in total. The molecular weight excluding hydrogens is 495 g/mol. The van der Waals surface area contributed by atoms with Crippen molar-refractivity contribution in [2.24, 2.45) is 4.99 Å². The van der Waals surface area contributed by atoms with Crippen LogP contribution in [0.15, 0.2) is 46.0 Å². The highest BCUT2D eigenvalue weighted by molar-refractivity contribution is 14.0. The number of ether oxygens (including phenoxy) is 1. The van der Waals surface area contributed by atoms with Crippen LogP contribution in [0.2, 0.25) is 0 Å². The van der Waals surface area contributed by atoms with Crippen molar-refractivity contribution in [3.8, 4) is 11.5 Å². The van der Waals surface area contributed by atoms with Crippen molar-refractivity contribution in [1.82, 2.24) is 15.6 Å². The molecule has 0 radical (unpaired) electrons. The van der Waals surface area contributed by atoms with E-state index in [2.05, 4.69) is 20.6 Å². The molecule has 2 rings (SSSR count). The predicted molar refractivity (Wildman–Crippen MR) is 130 cm³/mol. The van der Waals surface area contributed by atoms with Gasteiger partial charge in [0.05, 0.1) is 13.2 Å². The summed E-state index contributed by atoms with van der Waals surface area (Å²) in [4.78, 5) is 20.4. The van der Waals surface area contributed by atoms with Crippen LogP contribution in [0, 0.1) is 0 Å². The molecule has 0 saturated carbocycles. The van der Waals surface area contributed by atoms with Crippen LogP contribution < -0.4 is 10.6 Å². The zero-order valence-corrected chi connectivity index (χ0v) is 20.2. The summed E-state index contributed by atoms with van der Waals surface area (Å²) in [5.41, 5.74) is 1.75. The third kappa shape index (κ3) is 10.1. The minimum atomic E-state index is -0.101. The first-order valence-corrected chi connectivity index (χ1v) is 10.4. The average Bonchev–Trinajstić information content (AvgIpc) is 3.21. The molecule has 0 unspecified atom stereocenters. The Morgan fingerprint density at radius 3 is 2.60 bits per heavy atom. The molecule has 30 heavy (non-hydrogen) atoms. The van der Waals surface area contributed by atoms with E-state index in [4.69, 9.17) is 9.15 Å². The van der Waals surface area contributed by atoms with E-state index in [1.54, 1.807) is 6.26 Å². The lowest BCUT2D eigenvalue weighted by molar-refractivity contribution is -0.143. The summed E-state index contributed by atoms with van der Waals surface area (Å²) in [6, 6.07) is 9.82. The fourth-order valence-electron chi connectivity index (χ4n) is 2.78. The van der Waals surface area contributed by atoms with Crippen molar-refractivity contribution >= 4 is 35.9 Å².